The maximum atomic E-state index is 11.5. The highest BCUT2D eigenvalue weighted by molar-refractivity contribution is 6.07. The van der Waals surface area contributed by atoms with Crippen molar-refractivity contribution in [3.05, 3.63) is 30.3 Å². The molecule has 9 nitrogen and oxygen atoms in total. The van der Waals surface area contributed by atoms with Crippen LogP contribution in [0.2, 0.25) is 0 Å². The van der Waals surface area contributed by atoms with Gasteiger partial charge in [0.2, 0.25) is 5.91 Å². The molecule has 2 aromatic heterocycles. The van der Waals surface area contributed by atoms with Crippen LogP contribution in [-0.4, -0.2) is 42.1 Å². The van der Waals surface area contributed by atoms with Gasteiger partial charge in [-0.2, -0.15) is 4.98 Å². The van der Waals surface area contributed by atoms with E-state index in [1.165, 1.54) is 0 Å². The van der Waals surface area contributed by atoms with Crippen molar-refractivity contribution in [3.8, 4) is 17.0 Å². The second kappa shape index (κ2) is 6.87. The third kappa shape index (κ3) is 2.95. The zero-order valence-electron chi connectivity index (χ0n) is 16.6. The Kier molecular flexibility index (Phi) is 4.16. The molecule has 0 saturated heterocycles. The smallest absolute Gasteiger partial charge is 0.295 e. The van der Waals surface area contributed by atoms with Gasteiger partial charge in [-0.3, -0.25) is 4.79 Å². The van der Waals surface area contributed by atoms with Crippen molar-refractivity contribution in [1.29, 1.82) is 0 Å². The van der Waals surface area contributed by atoms with Gasteiger partial charge >= 0.3 is 0 Å². The number of fused-ring (bicyclic) bond motifs is 1. The number of nitrogens with one attached hydrogen (secondary N) is 4. The lowest BCUT2D eigenvalue weighted by atomic mass is 10.1. The Balaban J connectivity index is 1.65. The van der Waals surface area contributed by atoms with Crippen LogP contribution in [0.3, 0.4) is 0 Å². The first kappa shape index (κ1) is 18.2. The number of H-pyrrole nitrogens is 1. The maximum absolute atomic E-state index is 11.5. The second-order valence-corrected chi connectivity index (χ2v) is 7.27. The molecule has 0 unspecified atom stereocenters. The predicted molar refractivity (Wildman–Crippen MR) is 117 cm³/mol. The summed E-state index contributed by atoms with van der Waals surface area (Å²) in [4.78, 5) is 19.4. The molecule has 4 aromatic rings. The molecule has 1 atom stereocenters. The quantitative estimate of drug-likeness (QED) is 0.344. The molecule has 0 aliphatic carbocycles. The molecule has 0 bridgehead atoms. The van der Waals surface area contributed by atoms with Crippen LogP contribution in [0.15, 0.2) is 34.7 Å². The molecule has 3 heterocycles. The van der Waals surface area contributed by atoms with Gasteiger partial charge < -0.3 is 35.8 Å². The van der Waals surface area contributed by atoms with E-state index in [4.69, 9.17) is 14.9 Å². The SMILES string of the molecule is CNc1nc2cc(-c3[nH]c4cc(N[C@@H](C)C(N)=O)cc5c4c3NCCO5)ccc2o1. The standard InChI is InChI=1S/C21H22N6O3/c1-10(20(22)28)25-12-8-14-17-16(9-12)29-6-5-24-19(17)18(26-14)11-3-4-15-13(7-11)27-21(23-2)30-15/h3-4,7-10,24-26H,5-6H2,1-2H3,(H2,22,28)(H,23,27)/t10-/m0/s1. The number of amides is 1. The molecule has 0 radical (unpaired) electrons. The summed E-state index contributed by atoms with van der Waals surface area (Å²) in [5.74, 6) is 0.326. The molecule has 30 heavy (non-hydrogen) atoms. The van der Waals surface area contributed by atoms with Gasteiger partial charge in [0.25, 0.3) is 6.01 Å². The number of oxazole rings is 1. The van der Waals surface area contributed by atoms with Gasteiger partial charge in [-0.1, -0.05) is 0 Å². The average molecular weight is 406 g/mol. The summed E-state index contributed by atoms with van der Waals surface area (Å²) >= 11 is 0. The van der Waals surface area contributed by atoms with Crippen molar-refractivity contribution in [2.24, 2.45) is 5.73 Å². The molecule has 1 aliphatic heterocycles. The van der Waals surface area contributed by atoms with Gasteiger partial charge in [0.1, 0.15) is 23.9 Å². The number of carbonyl (C=O) groups excluding carboxylic acids is 1. The van der Waals surface area contributed by atoms with Crippen LogP contribution in [0.5, 0.6) is 5.75 Å². The molecule has 154 valence electrons. The zero-order valence-corrected chi connectivity index (χ0v) is 16.6. The summed E-state index contributed by atoms with van der Waals surface area (Å²) in [7, 11) is 1.77. The fourth-order valence-corrected chi connectivity index (χ4v) is 3.73. The van der Waals surface area contributed by atoms with Gasteiger partial charge in [0.05, 0.1) is 22.3 Å². The second-order valence-electron chi connectivity index (χ2n) is 7.27. The number of nitrogens with two attached hydrogens (primary N) is 1. The topological polar surface area (TPSA) is 130 Å². The van der Waals surface area contributed by atoms with E-state index >= 15 is 0 Å². The molecule has 2 aromatic carbocycles. The highest BCUT2D eigenvalue weighted by atomic mass is 16.5. The number of aromatic amines is 1. The number of anilines is 3. The van der Waals surface area contributed by atoms with E-state index in [-0.39, 0.29) is 0 Å². The highest BCUT2D eigenvalue weighted by Crippen LogP contribution is 2.43. The molecule has 1 aliphatic rings. The predicted octanol–water partition coefficient (Wildman–Crippen LogP) is 3.11. The molecule has 5 rings (SSSR count). The Morgan fingerprint density at radius 1 is 1.30 bits per heavy atom. The van der Waals surface area contributed by atoms with Crippen molar-refractivity contribution in [1.82, 2.24) is 9.97 Å². The summed E-state index contributed by atoms with van der Waals surface area (Å²) in [5.41, 5.74) is 11.4. The fourth-order valence-electron chi connectivity index (χ4n) is 3.73. The Morgan fingerprint density at radius 3 is 2.97 bits per heavy atom. The van der Waals surface area contributed by atoms with Gasteiger partial charge in [-0.05, 0) is 31.2 Å². The van der Waals surface area contributed by atoms with Crippen molar-refractivity contribution in [2.45, 2.75) is 13.0 Å². The van der Waals surface area contributed by atoms with Crippen LogP contribution in [-0.2, 0) is 4.79 Å². The third-order valence-corrected chi connectivity index (χ3v) is 5.22. The third-order valence-electron chi connectivity index (χ3n) is 5.22. The van der Waals surface area contributed by atoms with Crippen LogP contribution in [0.4, 0.5) is 17.4 Å². The summed E-state index contributed by atoms with van der Waals surface area (Å²) in [6, 6.07) is 9.73. The van der Waals surface area contributed by atoms with Crippen LogP contribution in [0, 0.1) is 0 Å². The summed E-state index contributed by atoms with van der Waals surface area (Å²) in [5, 5.41) is 10.5. The number of hydrogen-bond acceptors (Lipinski definition) is 7. The molecule has 1 amide bonds. The molecular weight excluding hydrogens is 384 g/mol. The molecule has 0 spiro atoms. The lowest BCUT2D eigenvalue weighted by Crippen LogP contribution is -2.32. The monoisotopic (exact) mass is 406 g/mol. The average Bonchev–Trinajstić information content (AvgIpc) is 3.24. The molecule has 0 saturated carbocycles. The number of aromatic nitrogens is 2. The fraction of sp³-hybridized carbons (Fsp3) is 0.238. The first-order valence-corrected chi connectivity index (χ1v) is 9.74. The normalized spacial score (nSPS) is 14.1. The van der Waals surface area contributed by atoms with E-state index in [0.29, 0.717) is 24.7 Å². The number of benzene rings is 2. The lowest BCUT2D eigenvalue weighted by Gasteiger charge is -2.13. The number of ether oxygens (including phenoxy) is 1. The van der Waals surface area contributed by atoms with Gasteiger partial charge in [0, 0.05) is 30.9 Å². The Labute approximate surface area is 172 Å². The van der Waals surface area contributed by atoms with Crippen molar-refractivity contribution < 1.29 is 13.9 Å². The van der Waals surface area contributed by atoms with Crippen LogP contribution in [0.1, 0.15) is 6.92 Å². The minimum absolute atomic E-state index is 0.418. The summed E-state index contributed by atoms with van der Waals surface area (Å²) in [6.07, 6.45) is 0. The largest absolute Gasteiger partial charge is 0.491 e. The van der Waals surface area contributed by atoms with Crippen molar-refractivity contribution in [3.63, 3.8) is 0 Å². The summed E-state index contributed by atoms with van der Waals surface area (Å²) in [6.45, 7) is 2.93. The van der Waals surface area contributed by atoms with E-state index in [0.717, 1.165) is 44.8 Å². The molecule has 9 heteroatoms. The lowest BCUT2D eigenvalue weighted by molar-refractivity contribution is -0.118. The molecule has 0 fully saturated rings. The highest BCUT2D eigenvalue weighted by Gasteiger charge is 2.22. The van der Waals surface area contributed by atoms with Gasteiger partial charge in [0.15, 0.2) is 5.58 Å². The Bertz CT molecular complexity index is 1270. The first-order chi connectivity index (χ1) is 14.5. The van der Waals surface area contributed by atoms with Gasteiger partial charge in [-0.15, -0.1) is 0 Å². The van der Waals surface area contributed by atoms with Crippen LogP contribution >= 0.6 is 0 Å². The van der Waals surface area contributed by atoms with Crippen LogP contribution in [0.25, 0.3) is 33.3 Å². The Hall–Kier alpha value is -3.88. The zero-order chi connectivity index (χ0) is 20.8. The van der Waals surface area contributed by atoms with Crippen LogP contribution < -0.4 is 26.4 Å². The van der Waals surface area contributed by atoms with E-state index in [9.17, 15) is 4.79 Å². The number of carbonyl (C=O) groups is 1. The molecular formula is C21H22N6O3. The molecule has 6 N–H and O–H groups in total. The van der Waals surface area contributed by atoms with Crippen molar-refractivity contribution >= 4 is 45.3 Å². The minimum atomic E-state index is -0.497. The number of primary amides is 1. The van der Waals surface area contributed by atoms with Gasteiger partial charge in [-0.25, -0.2) is 0 Å². The minimum Gasteiger partial charge on any atom is -0.491 e. The van der Waals surface area contributed by atoms with Crippen molar-refractivity contribution in [2.75, 3.05) is 36.1 Å². The number of nitrogens with zero attached hydrogens (tertiary/aromatic N) is 1. The van der Waals surface area contributed by atoms with E-state index in [2.05, 4.69) is 25.9 Å². The summed E-state index contributed by atoms with van der Waals surface area (Å²) < 4.78 is 11.6. The first-order valence-electron chi connectivity index (χ1n) is 9.74. The number of hydrogen-bond donors (Lipinski definition) is 5. The number of rotatable bonds is 5. The van der Waals surface area contributed by atoms with E-state index in [1.54, 1.807) is 14.0 Å². The maximum Gasteiger partial charge on any atom is 0.295 e. The Morgan fingerprint density at radius 2 is 2.17 bits per heavy atom. The van der Waals surface area contributed by atoms with E-state index in [1.807, 2.05) is 30.3 Å². The van der Waals surface area contributed by atoms with E-state index < -0.39 is 11.9 Å².